The first-order chi connectivity index (χ1) is 8.53. The molecule has 0 aliphatic heterocycles. The first kappa shape index (κ1) is 18.3. The smallest absolute Gasteiger partial charge is 0.460 e. The molecule has 0 aliphatic rings. The summed E-state index contributed by atoms with van der Waals surface area (Å²) in [5.74, 6) is -0.567. The Bertz CT molecular complexity index is 363. The van der Waals surface area contributed by atoms with Crippen LogP contribution in [0.1, 0.15) is 6.92 Å². The van der Waals surface area contributed by atoms with Gasteiger partial charge in [0.15, 0.2) is 0 Å². The van der Waals surface area contributed by atoms with E-state index in [1.165, 1.54) is 6.92 Å². The van der Waals surface area contributed by atoms with Gasteiger partial charge in [0.25, 0.3) is 0 Å². The molecule has 0 rings (SSSR count). The van der Waals surface area contributed by atoms with E-state index in [2.05, 4.69) is 11.1 Å². The van der Waals surface area contributed by atoms with Gasteiger partial charge in [-0.15, -0.1) is 0 Å². The lowest BCUT2D eigenvalue weighted by atomic mass is 10.4. The molecule has 0 aromatic heterocycles. The predicted molar refractivity (Wildman–Crippen MR) is 70.4 cm³/mol. The second kappa shape index (κ2) is 7.77. The molecular formula is C11H23NO6P+. The van der Waals surface area contributed by atoms with Crippen molar-refractivity contribution in [3.05, 3.63) is 12.2 Å². The summed E-state index contributed by atoms with van der Waals surface area (Å²) in [5, 5.41) is 0. The Morgan fingerprint density at radius 3 is 2.21 bits per heavy atom. The normalized spacial score (nSPS) is 14.8. The third-order valence-electron chi connectivity index (χ3n) is 1.94. The summed E-state index contributed by atoms with van der Waals surface area (Å²) in [6.07, 6.45) is 0. The zero-order valence-corrected chi connectivity index (χ0v) is 12.8. The van der Waals surface area contributed by atoms with Gasteiger partial charge in [-0.1, -0.05) is 6.58 Å². The highest BCUT2D eigenvalue weighted by Gasteiger charge is 2.22. The molecule has 0 aromatic rings. The van der Waals surface area contributed by atoms with Crippen LogP contribution in [0.5, 0.6) is 0 Å². The van der Waals surface area contributed by atoms with Crippen LogP contribution in [0.3, 0.4) is 0 Å². The lowest BCUT2D eigenvalue weighted by Gasteiger charge is -2.23. The number of hydrogen-bond donors (Lipinski definition) is 1. The molecule has 112 valence electrons. The molecule has 1 unspecified atom stereocenters. The molecule has 0 saturated heterocycles. The topological polar surface area (TPSA) is 82.1 Å². The van der Waals surface area contributed by atoms with E-state index >= 15 is 0 Å². The molecule has 7 nitrogen and oxygen atoms in total. The second-order valence-corrected chi connectivity index (χ2v) is 6.52. The largest absolute Gasteiger partial charge is 0.472 e. The SMILES string of the molecule is C=C(C)C(=O)OCCOP(=O)(O)OCC[15N+]([13CH3])([13CH3])[13CH3]. The molecule has 0 aromatic carbocycles. The molecule has 0 amide bonds. The van der Waals surface area contributed by atoms with Crippen LogP contribution in [0.4, 0.5) is 0 Å². The first-order valence-electron chi connectivity index (χ1n) is 5.78. The Morgan fingerprint density at radius 1 is 1.21 bits per heavy atom. The van der Waals surface area contributed by atoms with Gasteiger partial charge in [0.2, 0.25) is 0 Å². The van der Waals surface area contributed by atoms with E-state index in [1.807, 2.05) is 21.1 Å². The van der Waals surface area contributed by atoms with Crippen molar-refractivity contribution in [1.82, 2.24) is 0 Å². The Labute approximate surface area is 114 Å². The first-order valence-corrected chi connectivity index (χ1v) is 7.28. The number of phosphoric acid groups is 1. The average Bonchev–Trinajstić information content (AvgIpc) is 2.21. The number of rotatable bonds is 9. The molecule has 0 spiro atoms. The van der Waals surface area contributed by atoms with E-state index in [9.17, 15) is 14.3 Å². The zero-order valence-electron chi connectivity index (χ0n) is 11.9. The van der Waals surface area contributed by atoms with Crippen molar-refractivity contribution in [2.45, 2.75) is 6.92 Å². The van der Waals surface area contributed by atoms with Crippen LogP contribution in [0.2, 0.25) is 0 Å². The third kappa shape index (κ3) is 10.9. The average molecular weight is 300 g/mol. The highest BCUT2D eigenvalue weighted by atomic mass is 31.2. The fraction of sp³-hybridized carbons (Fsp3) is 0.727. The monoisotopic (exact) mass is 300 g/mol. The van der Waals surface area contributed by atoms with Crippen molar-refractivity contribution < 1.29 is 32.5 Å². The van der Waals surface area contributed by atoms with E-state index in [4.69, 9.17) is 9.26 Å². The van der Waals surface area contributed by atoms with Gasteiger partial charge in [0.1, 0.15) is 19.8 Å². The molecule has 0 fully saturated rings. The quantitative estimate of drug-likeness (QED) is 0.130. The Balaban J connectivity index is 3.82. The number of likely N-dealkylation sites (N-methyl/N-ethyl adjacent to an activating group) is 1. The van der Waals surface area contributed by atoms with Crippen LogP contribution in [0.25, 0.3) is 0 Å². The summed E-state index contributed by atoms with van der Waals surface area (Å²) >= 11 is 0. The minimum atomic E-state index is -4.09. The van der Waals surface area contributed by atoms with E-state index < -0.39 is 13.8 Å². The number of carbonyl (C=O) groups excluding carboxylic acids is 1. The zero-order chi connectivity index (χ0) is 15.1. The number of quaternary nitrogens is 1. The summed E-state index contributed by atoms with van der Waals surface area (Å²) in [6, 6.07) is 0. The van der Waals surface area contributed by atoms with E-state index in [1.54, 1.807) is 0 Å². The molecule has 0 bridgehead atoms. The molecule has 0 radical (unpaired) electrons. The Hall–Kier alpha value is -0.720. The molecule has 1 atom stereocenters. The van der Waals surface area contributed by atoms with Crippen molar-refractivity contribution in [2.75, 3.05) is 47.5 Å². The Kier molecular flexibility index (Phi) is 7.47. The van der Waals surface area contributed by atoms with Crippen molar-refractivity contribution in [1.29, 1.82) is 0 Å². The minimum absolute atomic E-state index is 0.100. The second-order valence-electron chi connectivity index (χ2n) is 5.07. The van der Waals surface area contributed by atoms with Gasteiger partial charge in [0, 0.05) is 5.57 Å². The maximum absolute atomic E-state index is 11.4. The van der Waals surface area contributed by atoms with Crippen LogP contribution in [0.15, 0.2) is 12.2 Å². The van der Waals surface area contributed by atoms with Crippen LogP contribution in [-0.2, 0) is 23.1 Å². The van der Waals surface area contributed by atoms with E-state index in [-0.39, 0.29) is 25.4 Å². The third-order valence-corrected chi connectivity index (χ3v) is 2.95. The highest BCUT2D eigenvalue weighted by Crippen LogP contribution is 2.42. The molecule has 19 heavy (non-hydrogen) atoms. The molecular weight excluding hydrogens is 277 g/mol. The standard InChI is InChI=1S/C11H22NO6P/c1-10(2)11(13)16-8-9-18-19(14,15)17-7-6-12(3,4)5/h1,6-9H2,2-5H3/p+1/i3+1,4+1,5+1,12+1. The number of carbonyl (C=O) groups is 1. The van der Waals surface area contributed by atoms with Crippen molar-refractivity contribution in [2.24, 2.45) is 0 Å². The van der Waals surface area contributed by atoms with Crippen molar-refractivity contribution >= 4 is 13.8 Å². The number of ether oxygens (including phenoxy) is 1. The molecule has 8 heteroatoms. The summed E-state index contributed by atoms with van der Waals surface area (Å²) in [5.41, 5.74) is 0.256. The highest BCUT2D eigenvalue weighted by molar-refractivity contribution is 7.47. The van der Waals surface area contributed by atoms with Crippen LogP contribution < -0.4 is 0 Å². The summed E-state index contributed by atoms with van der Waals surface area (Å²) in [6.45, 7) is 5.23. The van der Waals surface area contributed by atoms with Crippen molar-refractivity contribution in [3.63, 3.8) is 0 Å². The molecule has 0 aliphatic carbocycles. The number of esters is 1. The maximum atomic E-state index is 11.4. The number of phosphoric ester groups is 1. The van der Waals surface area contributed by atoms with Gasteiger partial charge in [-0.05, 0) is 6.92 Å². The van der Waals surface area contributed by atoms with Crippen LogP contribution in [-0.4, -0.2) is 62.9 Å². The maximum Gasteiger partial charge on any atom is 0.472 e. The lowest BCUT2D eigenvalue weighted by Crippen LogP contribution is -2.37. The van der Waals surface area contributed by atoms with E-state index in [0.717, 1.165) is 0 Å². The van der Waals surface area contributed by atoms with Gasteiger partial charge in [-0.2, -0.15) is 0 Å². The summed E-state index contributed by atoms with van der Waals surface area (Å²) in [4.78, 5) is 20.3. The van der Waals surface area contributed by atoms with Gasteiger partial charge < -0.3 is 14.1 Å². The van der Waals surface area contributed by atoms with Crippen LogP contribution in [0, 0.1) is 0 Å². The lowest BCUT2D eigenvalue weighted by molar-refractivity contribution is -0.870. The predicted octanol–water partition coefficient (Wildman–Crippen LogP) is 0.945. The number of hydrogen-bond acceptors (Lipinski definition) is 5. The fourth-order valence-corrected chi connectivity index (χ4v) is 1.57. The van der Waals surface area contributed by atoms with Gasteiger partial charge in [-0.3, -0.25) is 9.05 Å². The molecule has 1 N–H and O–H groups in total. The number of nitrogens with zero attached hydrogens (tertiary/aromatic N) is 1. The van der Waals surface area contributed by atoms with Gasteiger partial charge >= 0.3 is 13.8 Å². The summed E-state index contributed by atoms with van der Waals surface area (Å²) < 4.78 is 26.2. The molecule has 0 heterocycles. The van der Waals surface area contributed by atoms with Crippen LogP contribution >= 0.6 is 7.82 Å². The van der Waals surface area contributed by atoms with Gasteiger partial charge in [0.05, 0.1) is 27.7 Å². The summed E-state index contributed by atoms with van der Waals surface area (Å²) in [7, 11) is 1.72. The fourth-order valence-electron chi connectivity index (χ4n) is 0.878. The van der Waals surface area contributed by atoms with E-state index in [0.29, 0.717) is 11.0 Å². The van der Waals surface area contributed by atoms with Gasteiger partial charge in [-0.25, -0.2) is 9.36 Å². The van der Waals surface area contributed by atoms with Crippen molar-refractivity contribution in [3.8, 4) is 0 Å². The molecule has 0 saturated carbocycles. The Morgan fingerprint density at radius 2 is 1.74 bits per heavy atom. The minimum Gasteiger partial charge on any atom is -0.460 e.